The highest BCUT2D eigenvalue weighted by atomic mass is 16.1. The van der Waals surface area contributed by atoms with Crippen molar-refractivity contribution in [3.63, 3.8) is 0 Å². The van der Waals surface area contributed by atoms with Gasteiger partial charge in [0, 0.05) is 12.6 Å². The highest BCUT2D eigenvalue weighted by Crippen LogP contribution is 2.16. The molecule has 0 fully saturated rings. The van der Waals surface area contributed by atoms with Gasteiger partial charge in [-0.05, 0) is 33.1 Å². The molecule has 2 N–H and O–H groups in total. The van der Waals surface area contributed by atoms with Gasteiger partial charge in [-0.1, -0.05) is 13.8 Å². The van der Waals surface area contributed by atoms with Crippen molar-refractivity contribution in [2.75, 3.05) is 5.73 Å². The number of nitrogens with two attached hydrogens (primary N) is 1. The van der Waals surface area contributed by atoms with Crippen molar-refractivity contribution in [1.29, 1.82) is 0 Å². The molecule has 0 bridgehead atoms. The fourth-order valence-corrected chi connectivity index (χ4v) is 2.08. The highest BCUT2D eigenvalue weighted by Gasteiger charge is 2.18. The van der Waals surface area contributed by atoms with Crippen molar-refractivity contribution in [3.05, 3.63) is 16.0 Å². The van der Waals surface area contributed by atoms with E-state index in [9.17, 15) is 4.79 Å². The summed E-state index contributed by atoms with van der Waals surface area (Å²) < 4.78 is 3.77. The molecule has 0 radical (unpaired) electrons. The van der Waals surface area contributed by atoms with Crippen LogP contribution in [0.4, 0.5) is 5.69 Å². The first kappa shape index (κ1) is 12.9. The maximum atomic E-state index is 12.0. The number of anilines is 1. The Morgan fingerprint density at radius 2 is 1.81 bits per heavy atom. The Morgan fingerprint density at radius 3 is 2.19 bits per heavy atom. The van der Waals surface area contributed by atoms with Crippen LogP contribution in [-0.2, 0) is 13.0 Å². The summed E-state index contributed by atoms with van der Waals surface area (Å²) in [7, 11) is 0. The minimum atomic E-state index is -0.0486. The Balaban J connectivity index is 3.38. The van der Waals surface area contributed by atoms with Crippen LogP contribution in [0.3, 0.4) is 0 Å². The molecule has 0 saturated heterocycles. The molecule has 1 heterocycles. The van der Waals surface area contributed by atoms with E-state index in [1.807, 2.05) is 25.5 Å². The Kier molecular flexibility index (Phi) is 3.83. The zero-order valence-corrected chi connectivity index (χ0v) is 10.9. The molecule has 1 aromatic rings. The van der Waals surface area contributed by atoms with Crippen molar-refractivity contribution < 1.29 is 0 Å². The lowest BCUT2D eigenvalue weighted by molar-refractivity contribution is 0.394. The van der Waals surface area contributed by atoms with Crippen LogP contribution >= 0.6 is 0 Å². The van der Waals surface area contributed by atoms with E-state index >= 15 is 0 Å². The predicted octanol–water partition coefficient (Wildman–Crippen LogP) is 2.03. The fraction of sp³-hybridized carbons (Fsp3) is 0.750. The number of nitrogen functional groups attached to an aromatic ring is 1. The number of hydrogen-bond acceptors (Lipinski definition) is 2. The quantitative estimate of drug-likeness (QED) is 0.852. The molecule has 4 heteroatoms. The third-order valence-corrected chi connectivity index (χ3v) is 2.71. The normalized spacial score (nSPS) is 11.7. The van der Waals surface area contributed by atoms with E-state index < -0.39 is 0 Å². The Morgan fingerprint density at radius 1 is 1.25 bits per heavy atom. The Hall–Kier alpha value is -1.19. The highest BCUT2D eigenvalue weighted by molar-refractivity contribution is 5.42. The Bertz CT molecular complexity index is 413. The van der Waals surface area contributed by atoms with E-state index in [0.717, 1.165) is 18.7 Å². The van der Waals surface area contributed by atoms with Gasteiger partial charge in [0.05, 0.1) is 5.69 Å². The van der Waals surface area contributed by atoms with Gasteiger partial charge in [-0.25, -0.2) is 4.68 Å². The molecule has 16 heavy (non-hydrogen) atoms. The molecule has 0 spiro atoms. The first-order valence-corrected chi connectivity index (χ1v) is 5.99. The summed E-state index contributed by atoms with van der Waals surface area (Å²) in [5, 5.41) is 0. The molecule has 0 aliphatic heterocycles. The van der Waals surface area contributed by atoms with Crippen molar-refractivity contribution in [2.45, 2.75) is 53.6 Å². The monoisotopic (exact) mass is 225 g/mol. The van der Waals surface area contributed by atoms with E-state index in [1.54, 1.807) is 4.68 Å². The van der Waals surface area contributed by atoms with Crippen LogP contribution in [0.5, 0.6) is 0 Å². The molecule has 0 aliphatic rings. The van der Waals surface area contributed by atoms with Crippen LogP contribution in [-0.4, -0.2) is 9.36 Å². The smallest absolute Gasteiger partial charge is 0.290 e. The van der Waals surface area contributed by atoms with E-state index in [4.69, 9.17) is 5.73 Å². The first-order valence-electron chi connectivity index (χ1n) is 5.99. The molecule has 0 amide bonds. The van der Waals surface area contributed by atoms with Gasteiger partial charge >= 0.3 is 0 Å². The second-order valence-corrected chi connectivity index (χ2v) is 4.92. The maximum absolute atomic E-state index is 12.0. The van der Waals surface area contributed by atoms with E-state index in [-0.39, 0.29) is 11.6 Å². The summed E-state index contributed by atoms with van der Waals surface area (Å²) in [6, 6.07) is 0.149. The van der Waals surface area contributed by atoms with Crippen LogP contribution in [0.25, 0.3) is 0 Å². The molecule has 1 aromatic heterocycles. The molecule has 0 atom stereocenters. The van der Waals surface area contributed by atoms with E-state index in [0.29, 0.717) is 11.6 Å². The maximum Gasteiger partial charge on any atom is 0.290 e. The molecule has 1 rings (SSSR count). The number of nitrogens with zero attached hydrogens (tertiary/aromatic N) is 2. The molecule has 0 aromatic carbocycles. The summed E-state index contributed by atoms with van der Waals surface area (Å²) in [6.45, 7) is 11.1. The summed E-state index contributed by atoms with van der Waals surface area (Å²) >= 11 is 0. The van der Waals surface area contributed by atoms with Gasteiger partial charge in [0.1, 0.15) is 5.69 Å². The summed E-state index contributed by atoms with van der Waals surface area (Å²) in [4.78, 5) is 12.0. The standard InChI is InChI=1S/C12H23N3O/c1-6-14-10(7-8(2)3)11(13)12(16)15(14)9(4)5/h8-9H,6-7,13H2,1-5H3. The Labute approximate surface area is 97.0 Å². The molecule has 0 unspecified atom stereocenters. The van der Waals surface area contributed by atoms with Crippen molar-refractivity contribution >= 4 is 5.69 Å². The second kappa shape index (κ2) is 4.76. The third kappa shape index (κ3) is 2.15. The second-order valence-electron chi connectivity index (χ2n) is 4.92. The van der Waals surface area contributed by atoms with Gasteiger partial charge in [0.2, 0.25) is 0 Å². The lowest BCUT2D eigenvalue weighted by atomic mass is 10.1. The van der Waals surface area contributed by atoms with Gasteiger partial charge in [0.25, 0.3) is 5.56 Å². The molecule has 0 aliphatic carbocycles. The topological polar surface area (TPSA) is 52.9 Å². The third-order valence-electron chi connectivity index (χ3n) is 2.71. The molecule has 92 valence electrons. The number of aromatic nitrogens is 2. The van der Waals surface area contributed by atoms with Crippen LogP contribution in [0.15, 0.2) is 4.79 Å². The zero-order chi connectivity index (χ0) is 12.5. The van der Waals surface area contributed by atoms with Gasteiger partial charge in [-0.3, -0.25) is 9.48 Å². The van der Waals surface area contributed by atoms with E-state index in [1.165, 1.54) is 0 Å². The lowest BCUT2D eigenvalue weighted by Gasteiger charge is -2.16. The molecule has 0 saturated carbocycles. The van der Waals surface area contributed by atoms with Crippen LogP contribution < -0.4 is 11.3 Å². The fourth-order valence-electron chi connectivity index (χ4n) is 2.08. The average molecular weight is 225 g/mol. The van der Waals surface area contributed by atoms with Crippen LogP contribution in [0.2, 0.25) is 0 Å². The van der Waals surface area contributed by atoms with Gasteiger partial charge < -0.3 is 5.73 Å². The van der Waals surface area contributed by atoms with Gasteiger partial charge in [0.15, 0.2) is 0 Å². The van der Waals surface area contributed by atoms with Crippen molar-refractivity contribution in [2.24, 2.45) is 5.92 Å². The van der Waals surface area contributed by atoms with Gasteiger partial charge in [-0.2, -0.15) is 0 Å². The van der Waals surface area contributed by atoms with Crippen molar-refractivity contribution in [1.82, 2.24) is 9.36 Å². The van der Waals surface area contributed by atoms with Crippen LogP contribution in [0, 0.1) is 5.92 Å². The largest absolute Gasteiger partial charge is 0.393 e. The number of hydrogen-bond donors (Lipinski definition) is 1. The number of rotatable bonds is 4. The summed E-state index contributed by atoms with van der Waals surface area (Å²) in [5.41, 5.74) is 7.27. The zero-order valence-electron chi connectivity index (χ0n) is 10.9. The molecular formula is C12H23N3O. The minimum Gasteiger partial charge on any atom is -0.393 e. The summed E-state index contributed by atoms with van der Waals surface area (Å²) in [6.07, 6.45) is 0.856. The predicted molar refractivity (Wildman–Crippen MR) is 67.7 cm³/mol. The minimum absolute atomic E-state index is 0.0486. The van der Waals surface area contributed by atoms with Crippen LogP contribution in [0.1, 0.15) is 46.4 Å². The SMILES string of the molecule is CCn1c(CC(C)C)c(N)c(=O)n1C(C)C. The lowest BCUT2D eigenvalue weighted by Crippen LogP contribution is -2.25. The first-order chi connectivity index (χ1) is 7.40. The molecular weight excluding hydrogens is 202 g/mol. The average Bonchev–Trinajstić information content (AvgIpc) is 2.41. The van der Waals surface area contributed by atoms with Crippen molar-refractivity contribution in [3.8, 4) is 0 Å². The van der Waals surface area contributed by atoms with Gasteiger partial charge in [-0.15, -0.1) is 0 Å². The van der Waals surface area contributed by atoms with E-state index in [2.05, 4.69) is 13.8 Å². The summed E-state index contributed by atoms with van der Waals surface area (Å²) in [5.74, 6) is 0.502. The molecule has 4 nitrogen and oxygen atoms in total.